The average molecular weight is 810 g/mol. The molecule has 0 radical (unpaired) electrons. The zero-order valence-corrected chi connectivity index (χ0v) is 34.3. The molecule has 3 aliphatic rings. The van der Waals surface area contributed by atoms with Crippen molar-refractivity contribution in [1.82, 2.24) is 10.3 Å². The van der Waals surface area contributed by atoms with Gasteiger partial charge in [-0.05, 0) is 85.5 Å². The summed E-state index contributed by atoms with van der Waals surface area (Å²) in [6.45, 7) is 14.9. The van der Waals surface area contributed by atoms with E-state index in [1.165, 1.54) is 13.0 Å². The second kappa shape index (κ2) is 18.1. The lowest BCUT2D eigenvalue weighted by molar-refractivity contribution is -0.181. The van der Waals surface area contributed by atoms with Crippen molar-refractivity contribution in [2.45, 2.75) is 97.6 Å². The highest BCUT2D eigenvalue weighted by Crippen LogP contribution is 2.36. The van der Waals surface area contributed by atoms with E-state index in [4.69, 9.17) is 33.8 Å². The predicted octanol–water partition coefficient (Wildman–Crippen LogP) is 6.19. The third-order valence-electron chi connectivity index (χ3n) is 10.3. The summed E-state index contributed by atoms with van der Waals surface area (Å²) in [7, 11) is 0. The van der Waals surface area contributed by atoms with Crippen molar-refractivity contribution in [3.8, 4) is 11.1 Å². The molecule has 3 aromatic rings. The number of nitrogens with zero attached hydrogens (tertiary/aromatic N) is 1. The fourth-order valence-electron chi connectivity index (χ4n) is 6.88. The summed E-state index contributed by atoms with van der Waals surface area (Å²) < 4.78 is 33.6. The van der Waals surface area contributed by atoms with Crippen LogP contribution < -0.4 is 5.32 Å². The lowest BCUT2D eigenvalue weighted by Gasteiger charge is -2.21. The smallest absolute Gasteiger partial charge is 0.360 e. The van der Waals surface area contributed by atoms with Gasteiger partial charge in [-0.15, -0.1) is 0 Å². The number of esters is 3. The van der Waals surface area contributed by atoms with Crippen LogP contribution in [-0.4, -0.2) is 90.4 Å². The van der Waals surface area contributed by atoms with E-state index in [1.54, 1.807) is 62.4 Å². The van der Waals surface area contributed by atoms with Crippen LogP contribution in [0.2, 0.25) is 0 Å². The highest BCUT2D eigenvalue weighted by Gasteiger charge is 2.50. The Hall–Kier alpha value is -5.57. The first-order valence-electron chi connectivity index (χ1n) is 19.8. The molecule has 4 atom stereocenters. The number of hydrogen-bond donors (Lipinski definition) is 2. The molecule has 1 unspecified atom stereocenters. The second-order valence-electron chi connectivity index (χ2n) is 15.9. The summed E-state index contributed by atoms with van der Waals surface area (Å²) in [5.74, 6) is -3.64. The number of carbonyl (C=O) groups excluding carboxylic acids is 5. The molecular formula is C45H51N3O11. The van der Waals surface area contributed by atoms with Crippen LogP contribution in [0.3, 0.4) is 0 Å². The summed E-state index contributed by atoms with van der Waals surface area (Å²) in [6, 6.07) is 13.2. The average Bonchev–Trinajstić information content (AvgIpc) is 3.88. The summed E-state index contributed by atoms with van der Waals surface area (Å²) in [6.07, 6.45) is 1.09. The molecule has 3 heterocycles. The van der Waals surface area contributed by atoms with E-state index in [1.807, 2.05) is 20.8 Å². The number of ketones is 1. The Kier molecular flexibility index (Phi) is 13.2. The van der Waals surface area contributed by atoms with Crippen molar-refractivity contribution in [2.75, 3.05) is 19.8 Å². The van der Waals surface area contributed by atoms with Gasteiger partial charge in [0.2, 0.25) is 6.29 Å². The Morgan fingerprint density at radius 3 is 2.41 bits per heavy atom. The Bertz CT molecular complexity index is 2140. The Morgan fingerprint density at radius 1 is 1.00 bits per heavy atom. The first-order valence-corrected chi connectivity index (χ1v) is 19.8. The van der Waals surface area contributed by atoms with Gasteiger partial charge < -0.3 is 39.1 Å². The number of aryl methyl sites for hydroxylation is 1. The van der Waals surface area contributed by atoms with E-state index in [0.29, 0.717) is 41.3 Å². The molecule has 1 aromatic heterocycles. The van der Waals surface area contributed by atoms with Gasteiger partial charge in [0, 0.05) is 36.7 Å². The molecule has 0 bridgehead atoms. The summed E-state index contributed by atoms with van der Waals surface area (Å²) in [5.41, 5.74) is 3.25. The number of rotatable bonds is 17. The van der Waals surface area contributed by atoms with Crippen LogP contribution in [0, 0.1) is 24.2 Å². The minimum Gasteiger partial charge on any atom is -0.463 e. The van der Waals surface area contributed by atoms with Crippen LogP contribution in [0.5, 0.6) is 0 Å². The van der Waals surface area contributed by atoms with E-state index >= 15 is 0 Å². The third-order valence-corrected chi connectivity index (χ3v) is 10.3. The summed E-state index contributed by atoms with van der Waals surface area (Å²) in [4.78, 5) is 70.4. The molecule has 2 saturated heterocycles. The van der Waals surface area contributed by atoms with Gasteiger partial charge in [0.15, 0.2) is 17.3 Å². The van der Waals surface area contributed by atoms with Gasteiger partial charge in [0.25, 0.3) is 5.91 Å². The number of Topliss-reactive ketones (excluding diaryl/α,β-unsaturated/α-hetero) is 1. The minimum atomic E-state index is -1.26. The molecule has 1 amide bonds. The fourth-order valence-corrected chi connectivity index (χ4v) is 6.88. The number of hydrogen-bond acceptors (Lipinski definition) is 13. The standard InChI is InChI=1S/C45H51N3O11/c1-8-29-19-33(36(49)18-27-11-13-30(14-12-27)34(46)20-39(50)55-22-37-41-38(23-54-37)58-45(6,7)59-41)32(17-25(29)4)31-15-16-35(42(51)47-21-28-9-10-28)48-40(31)44(53)57-26(5)56-43(52)24(2)3/h8,11-17,19,24,26,28,37-38,41,46H,1,9-10,18,20-23H2,2-7H3,(H,47,51)/t26?,37-,38+,41-/m1/s1. The second-order valence-corrected chi connectivity index (χ2v) is 15.9. The van der Waals surface area contributed by atoms with Gasteiger partial charge in [0.1, 0.15) is 30.6 Å². The Labute approximate surface area is 343 Å². The van der Waals surface area contributed by atoms with Crippen molar-refractivity contribution in [3.63, 3.8) is 0 Å². The number of aromatic nitrogens is 1. The molecule has 3 fully saturated rings. The topological polar surface area (TPSA) is 190 Å². The number of benzene rings is 2. The minimum absolute atomic E-state index is 0.0155. The molecule has 2 aliphatic heterocycles. The van der Waals surface area contributed by atoms with Crippen LogP contribution in [0.4, 0.5) is 0 Å². The maximum atomic E-state index is 14.2. The lowest BCUT2D eigenvalue weighted by Crippen LogP contribution is -2.33. The third kappa shape index (κ3) is 10.7. The van der Waals surface area contributed by atoms with Crippen LogP contribution in [0.1, 0.15) is 107 Å². The Balaban J connectivity index is 1.18. The molecule has 14 heteroatoms. The predicted molar refractivity (Wildman–Crippen MR) is 216 cm³/mol. The lowest BCUT2D eigenvalue weighted by atomic mass is 9.89. The quantitative estimate of drug-likeness (QED) is 0.0682. The SMILES string of the molecule is C=Cc1cc(C(=O)Cc2ccc(C(=N)CC(=O)OC[C@H]3OC[C@@H]4OC(C)(C)O[C@@H]43)cc2)c(-c2ccc(C(=O)NCC3CC3)nc2C(=O)OC(C)OC(=O)C(C)C)cc1C. The zero-order valence-electron chi connectivity index (χ0n) is 34.3. The van der Waals surface area contributed by atoms with Gasteiger partial charge in [0.05, 0.1) is 18.9 Å². The molecule has 2 aromatic carbocycles. The van der Waals surface area contributed by atoms with Gasteiger partial charge in [-0.3, -0.25) is 19.2 Å². The number of pyridine rings is 1. The molecule has 2 N–H and O–H groups in total. The van der Waals surface area contributed by atoms with Crippen molar-refractivity contribution < 1.29 is 52.4 Å². The van der Waals surface area contributed by atoms with Gasteiger partial charge >= 0.3 is 17.9 Å². The molecule has 14 nitrogen and oxygen atoms in total. The van der Waals surface area contributed by atoms with Crippen LogP contribution in [0.25, 0.3) is 17.2 Å². The molecule has 0 spiro atoms. The highest BCUT2D eigenvalue weighted by atomic mass is 16.8. The summed E-state index contributed by atoms with van der Waals surface area (Å²) >= 11 is 0. The maximum absolute atomic E-state index is 14.2. The highest BCUT2D eigenvalue weighted by molar-refractivity contribution is 6.09. The van der Waals surface area contributed by atoms with Gasteiger partial charge in [-0.25, -0.2) is 9.78 Å². The van der Waals surface area contributed by atoms with Crippen molar-refractivity contribution >= 4 is 41.4 Å². The summed E-state index contributed by atoms with van der Waals surface area (Å²) in [5, 5.41) is 11.4. The number of fused-ring (bicyclic) bond motifs is 1. The van der Waals surface area contributed by atoms with Crippen LogP contribution in [-0.2, 0) is 44.4 Å². The van der Waals surface area contributed by atoms with Crippen LogP contribution in [0.15, 0.2) is 55.1 Å². The molecule has 6 rings (SSSR count). The van der Waals surface area contributed by atoms with Crippen LogP contribution >= 0.6 is 0 Å². The van der Waals surface area contributed by atoms with E-state index in [2.05, 4.69) is 16.9 Å². The number of ether oxygens (including phenoxy) is 6. The van der Waals surface area contributed by atoms with E-state index in [-0.39, 0.29) is 65.7 Å². The monoisotopic (exact) mass is 809 g/mol. The van der Waals surface area contributed by atoms with Crippen molar-refractivity contribution in [1.29, 1.82) is 5.41 Å². The number of carbonyl (C=O) groups is 5. The fraction of sp³-hybridized carbons (Fsp3) is 0.444. The maximum Gasteiger partial charge on any atom is 0.360 e. The first-order chi connectivity index (χ1) is 28.0. The zero-order chi connectivity index (χ0) is 42.6. The first kappa shape index (κ1) is 43.0. The van der Waals surface area contributed by atoms with E-state index in [0.717, 1.165) is 18.4 Å². The molecule has 1 aliphatic carbocycles. The largest absolute Gasteiger partial charge is 0.463 e. The normalized spacial score (nSPS) is 19.7. The number of amides is 1. The van der Waals surface area contributed by atoms with Gasteiger partial charge in [-0.1, -0.05) is 56.8 Å². The Morgan fingerprint density at radius 2 is 1.73 bits per heavy atom. The molecular weight excluding hydrogens is 759 g/mol. The molecule has 1 saturated carbocycles. The van der Waals surface area contributed by atoms with Crippen molar-refractivity contribution in [3.05, 3.63) is 94.3 Å². The van der Waals surface area contributed by atoms with E-state index in [9.17, 15) is 24.0 Å². The number of nitrogens with one attached hydrogen (secondary N) is 2. The van der Waals surface area contributed by atoms with Crippen molar-refractivity contribution in [2.24, 2.45) is 11.8 Å². The van der Waals surface area contributed by atoms with E-state index < -0.39 is 47.9 Å². The molecule has 59 heavy (non-hydrogen) atoms. The molecule has 312 valence electrons. The van der Waals surface area contributed by atoms with Gasteiger partial charge in [-0.2, -0.15) is 0 Å².